The molecule has 3 N–H and O–H groups in total. The Bertz CT molecular complexity index is 646. The van der Waals surface area contributed by atoms with Crippen molar-refractivity contribution in [2.24, 2.45) is 0 Å². The van der Waals surface area contributed by atoms with Gasteiger partial charge < -0.3 is 11.1 Å². The van der Waals surface area contributed by atoms with E-state index in [1.54, 1.807) is 24.3 Å². The normalized spacial score (nSPS) is 11.9. The maximum Gasteiger partial charge on any atom is 0.252 e. The van der Waals surface area contributed by atoms with Gasteiger partial charge in [0.05, 0.1) is 11.6 Å². The average molecular weight is 354 g/mol. The van der Waals surface area contributed by atoms with Crippen LogP contribution in [0.4, 0.5) is 5.69 Å². The van der Waals surface area contributed by atoms with E-state index >= 15 is 0 Å². The molecule has 0 saturated carbocycles. The number of hydrogen-bond acceptors (Lipinski definition) is 2. The number of anilines is 1. The van der Waals surface area contributed by atoms with E-state index in [9.17, 15) is 4.79 Å². The van der Waals surface area contributed by atoms with Crippen molar-refractivity contribution >= 4 is 39.1 Å². The predicted molar refractivity (Wildman–Crippen MR) is 85.9 cm³/mol. The lowest BCUT2D eigenvalue weighted by Crippen LogP contribution is -2.27. The van der Waals surface area contributed by atoms with Crippen LogP contribution in [0, 0.1) is 0 Å². The van der Waals surface area contributed by atoms with E-state index in [2.05, 4.69) is 21.2 Å². The molecule has 0 unspecified atom stereocenters. The molecule has 2 aromatic carbocycles. The second-order valence-electron chi connectivity index (χ2n) is 4.46. The molecule has 0 spiro atoms. The predicted octanol–water partition coefficient (Wildman–Crippen LogP) is 4.18. The standard InChI is InChI=1S/C15H14BrClN2O/c1-9(11-4-2-3-5-14(11)17)19-15(20)12-8-10(18)6-7-13(12)16/h2-9H,18H2,1H3,(H,19,20)/t9-/m1/s1. The average Bonchev–Trinajstić information content (AvgIpc) is 2.41. The Hall–Kier alpha value is -1.52. The van der Waals surface area contributed by atoms with E-state index in [1.807, 2.05) is 25.1 Å². The van der Waals surface area contributed by atoms with Gasteiger partial charge in [0, 0.05) is 15.2 Å². The van der Waals surface area contributed by atoms with E-state index in [0.29, 0.717) is 20.7 Å². The molecule has 0 fully saturated rings. The number of benzene rings is 2. The Morgan fingerprint density at radius 1 is 1.30 bits per heavy atom. The molecule has 0 radical (unpaired) electrons. The molecule has 0 bridgehead atoms. The van der Waals surface area contributed by atoms with Gasteiger partial charge in [0.2, 0.25) is 0 Å². The fourth-order valence-electron chi connectivity index (χ4n) is 1.90. The van der Waals surface area contributed by atoms with Crippen molar-refractivity contribution in [2.45, 2.75) is 13.0 Å². The summed E-state index contributed by atoms with van der Waals surface area (Å²) in [6.45, 7) is 1.89. The number of nitrogens with two attached hydrogens (primary N) is 1. The van der Waals surface area contributed by atoms with Crippen molar-refractivity contribution in [1.29, 1.82) is 0 Å². The van der Waals surface area contributed by atoms with Gasteiger partial charge in [0.15, 0.2) is 0 Å². The minimum Gasteiger partial charge on any atom is -0.399 e. The Morgan fingerprint density at radius 3 is 2.70 bits per heavy atom. The fourth-order valence-corrected chi connectivity index (χ4v) is 2.62. The molecule has 0 aliphatic heterocycles. The first-order chi connectivity index (χ1) is 9.49. The smallest absolute Gasteiger partial charge is 0.252 e. The zero-order valence-electron chi connectivity index (χ0n) is 10.9. The van der Waals surface area contributed by atoms with Gasteiger partial charge in [-0.25, -0.2) is 0 Å². The van der Waals surface area contributed by atoms with Crippen LogP contribution in [0.15, 0.2) is 46.9 Å². The van der Waals surface area contributed by atoms with Gasteiger partial charge in [-0.3, -0.25) is 4.79 Å². The molecule has 0 aliphatic carbocycles. The maximum absolute atomic E-state index is 12.3. The second kappa shape index (κ2) is 6.29. The summed E-state index contributed by atoms with van der Waals surface area (Å²) in [4.78, 5) is 12.3. The molecule has 3 nitrogen and oxygen atoms in total. The molecule has 20 heavy (non-hydrogen) atoms. The number of nitrogens with one attached hydrogen (secondary N) is 1. The minimum absolute atomic E-state index is 0.190. The zero-order valence-corrected chi connectivity index (χ0v) is 13.2. The summed E-state index contributed by atoms with van der Waals surface area (Å²) < 4.78 is 0.704. The number of hydrogen-bond donors (Lipinski definition) is 2. The summed E-state index contributed by atoms with van der Waals surface area (Å²) in [7, 11) is 0. The van der Waals surface area contributed by atoms with Gasteiger partial charge in [-0.05, 0) is 52.7 Å². The van der Waals surface area contributed by atoms with Crippen LogP contribution in [0.3, 0.4) is 0 Å². The summed E-state index contributed by atoms with van der Waals surface area (Å²) in [6.07, 6.45) is 0. The highest BCUT2D eigenvalue weighted by Crippen LogP contribution is 2.24. The van der Waals surface area contributed by atoms with Crippen molar-refractivity contribution in [3.8, 4) is 0 Å². The van der Waals surface area contributed by atoms with Gasteiger partial charge in [0.1, 0.15) is 0 Å². The van der Waals surface area contributed by atoms with E-state index < -0.39 is 0 Å². The van der Waals surface area contributed by atoms with Crippen molar-refractivity contribution in [1.82, 2.24) is 5.32 Å². The minimum atomic E-state index is -0.198. The third kappa shape index (κ3) is 3.32. The number of carbonyl (C=O) groups is 1. The van der Waals surface area contributed by atoms with Crippen LogP contribution in [0.5, 0.6) is 0 Å². The van der Waals surface area contributed by atoms with Crippen molar-refractivity contribution < 1.29 is 4.79 Å². The van der Waals surface area contributed by atoms with Gasteiger partial charge >= 0.3 is 0 Å². The van der Waals surface area contributed by atoms with Crippen molar-refractivity contribution in [3.63, 3.8) is 0 Å². The molecule has 2 aromatic rings. The first kappa shape index (κ1) is 14.9. The molecule has 104 valence electrons. The van der Waals surface area contributed by atoms with Crippen LogP contribution in [0.2, 0.25) is 5.02 Å². The Labute approximate surface area is 131 Å². The summed E-state index contributed by atoms with van der Waals surface area (Å²) in [6, 6.07) is 12.4. The maximum atomic E-state index is 12.3. The van der Waals surface area contributed by atoms with Crippen molar-refractivity contribution in [3.05, 3.63) is 63.1 Å². The van der Waals surface area contributed by atoms with Gasteiger partial charge in [0.25, 0.3) is 5.91 Å². The molecule has 5 heteroatoms. The molecular formula is C15H14BrClN2O. The van der Waals surface area contributed by atoms with Gasteiger partial charge in [-0.2, -0.15) is 0 Å². The van der Waals surface area contributed by atoms with E-state index in [0.717, 1.165) is 5.56 Å². The van der Waals surface area contributed by atoms with Gasteiger partial charge in [-0.15, -0.1) is 0 Å². The Kier molecular flexibility index (Phi) is 4.68. The SMILES string of the molecule is C[C@@H](NC(=O)c1cc(N)ccc1Br)c1ccccc1Cl. The molecule has 1 amide bonds. The van der Waals surface area contributed by atoms with E-state index in [-0.39, 0.29) is 11.9 Å². The van der Waals surface area contributed by atoms with Gasteiger partial charge in [-0.1, -0.05) is 29.8 Å². The third-order valence-corrected chi connectivity index (χ3v) is 3.99. The third-order valence-electron chi connectivity index (χ3n) is 2.95. The number of halogens is 2. The van der Waals surface area contributed by atoms with Crippen LogP contribution in [0.1, 0.15) is 28.9 Å². The molecule has 0 aliphatic rings. The van der Waals surface area contributed by atoms with Crippen LogP contribution < -0.4 is 11.1 Å². The molecule has 0 aromatic heterocycles. The first-order valence-corrected chi connectivity index (χ1v) is 7.26. The second-order valence-corrected chi connectivity index (χ2v) is 5.72. The first-order valence-electron chi connectivity index (χ1n) is 6.09. The molecule has 0 saturated heterocycles. The summed E-state index contributed by atoms with van der Waals surface area (Å²) in [5.41, 5.74) is 7.64. The number of amides is 1. The van der Waals surface area contributed by atoms with E-state index in [4.69, 9.17) is 17.3 Å². The van der Waals surface area contributed by atoms with Crippen LogP contribution in [0.25, 0.3) is 0 Å². The monoisotopic (exact) mass is 352 g/mol. The zero-order chi connectivity index (χ0) is 14.7. The molecule has 1 atom stereocenters. The highest BCUT2D eigenvalue weighted by Gasteiger charge is 2.15. The van der Waals surface area contributed by atoms with Crippen LogP contribution in [-0.2, 0) is 0 Å². The lowest BCUT2D eigenvalue weighted by atomic mass is 10.1. The lowest BCUT2D eigenvalue weighted by molar-refractivity contribution is 0.0939. The fraction of sp³-hybridized carbons (Fsp3) is 0.133. The van der Waals surface area contributed by atoms with Crippen LogP contribution in [-0.4, -0.2) is 5.91 Å². The topological polar surface area (TPSA) is 55.1 Å². The number of carbonyl (C=O) groups excluding carboxylic acids is 1. The molecular weight excluding hydrogens is 340 g/mol. The molecule has 0 heterocycles. The number of rotatable bonds is 3. The van der Waals surface area contributed by atoms with Crippen molar-refractivity contribution in [2.75, 3.05) is 5.73 Å². The number of nitrogen functional groups attached to an aromatic ring is 1. The largest absolute Gasteiger partial charge is 0.399 e. The van der Waals surface area contributed by atoms with E-state index in [1.165, 1.54) is 0 Å². The summed E-state index contributed by atoms with van der Waals surface area (Å²) in [5.74, 6) is -0.198. The Morgan fingerprint density at radius 2 is 2.00 bits per heavy atom. The Balaban J connectivity index is 2.20. The molecule has 2 rings (SSSR count). The summed E-state index contributed by atoms with van der Waals surface area (Å²) in [5, 5.41) is 3.54. The van der Waals surface area contributed by atoms with Crippen LogP contribution >= 0.6 is 27.5 Å². The summed E-state index contributed by atoms with van der Waals surface area (Å²) >= 11 is 9.47. The lowest BCUT2D eigenvalue weighted by Gasteiger charge is -2.16. The quantitative estimate of drug-likeness (QED) is 0.813. The highest BCUT2D eigenvalue weighted by molar-refractivity contribution is 9.10. The highest BCUT2D eigenvalue weighted by atomic mass is 79.9.